The molecule has 0 unspecified atom stereocenters. The van der Waals surface area contributed by atoms with Gasteiger partial charge in [-0.05, 0) is 184 Å². The molecule has 4 heteroatoms. The quantitative estimate of drug-likeness (QED) is 0.0714. The van der Waals surface area contributed by atoms with E-state index < -0.39 is 0 Å². The summed E-state index contributed by atoms with van der Waals surface area (Å²) >= 11 is 0. The van der Waals surface area contributed by atoms with Crippen LogP contribution in [0, 0.1) is 0 Å². The number of hydrogen-bond donors (Lipinski definition) is 0. The molecule has 0 saturated carbocycles. The lowest BCUT2D eigenvalue weighted by atomic mass is 9.64. The molecule has 0 radical (unpaired) electrons. The minimum Gasteiger partial charge on any atom is -0.364 e. The third-order valence-electron chi connectivity index (χ3n) is 23.9. The fraction of sp³-hybridized carbons (Fsp3) is 0.556. The minimum absolute atomic E-state index is 0.0961. The average molecular weight is 1010 g/mol. The van der Waals surface area contributed by atoms with Crippen LogP contribution >= 0.6 is 0 Å². The molecule has 8 bridgehead atoms. The Kier molecular flexibility index (Phi) is 9.22. The van der Waals surface area contributed by atoms with E-state index in [1.165, 1.54) is 103 Å². The van der Waals surface area contributed by atoms with Crippen LogP contribution in [0.2, 0.25) is 0 Å². The van der Waals surface area contributed by atoms with E-state index in [1.54, 1.807) is 133 Å². The highest BCUT2D eigenvalue weighted by atomic mass is 16.5. The first-order chi connectivity index (χ1) is 37.7. The Labute approximate surface area is 450 Å². The van der Waals surface area contributed by atoms with E-state index in [4.69, 9.17) is 18.9 Å². The zero-order valence-electron chi connectivity index (χ0n) is 45.6. The number of fused-ring (bicyclic) bond motifs is 40. The first kappa shape index (κ1) is 44.5. The van der Waals surface area contributed by atoms with Crippen LogP contribution in [-0.2, 0) is 44.6 Å². The van der Waals surface area contributed by atoms with Crippen LogP contribution in [0.1, 0.15) is 338 Å². The molecule has 4 fully saturated rings. The molecular weight excluding hydrogens is 929 g/mol. The average Bonchev–Trinajstić information content (AvgIpc) is 4.43. The van der Waals surface area contributed by atoms with Gasteiger partial charge >= 0.3 is 0 Å². The molecule has 0 aromatic heterocycles. The molecule has 6 aromatic rings. The van der Waals surface area contributed by atoms with Gasteiger partial charge in [0.2, 0.25) is 0 Å². The minimum atomic E-state index is 0.0961. The molecule has 4 aliphatic carbocycles. The van der Waals surface area contributed by atoms with Gasteiger partial charge in [0.05, 0.1) is 48.8 Å². The number of ether oxygens (including phenoxy) is 4. The Morgan fingerprint density at radius 1 is 0.237 bits per heavy atom. The highest BCUT2D eigenvalue weighted by Gasteiger charge is 2.67. The third-order valence-corrected chi connectivity index (χ3v) is 23.9. The van der Waals surface area contributed by atoms with Gasteiger partial charge in [0.1, 0.15) is 0 Å². The Morgan fingerprint density at radius 2 is 0.408 bits per heavy atom. The summed E-state index contributed by atoms with van der Waals surface area (Å²) in [5, 5.41) is 6.50. The van der Waals surface area contributed by atoms with Gasteiger partial charge in [-0.15, -0.1) is 0 Å². The number of hydrogen-bond acceptors (Lipinski definition) is 4. The van der Waals surface area contributed by atoms with Crippen molar-refractivity contribution in [3.05, 3.63) is 160 Å². The third kappa shape index (κ3) is 5.03. The highest BCUT2D eigenvalue weighted by Crippen LogP contribution is 2.80. The van der Waals surface area contributed by atoms with E-state index in [2.05, 4.69) is 76.2 Å². The summed E-state index contributed by atoms with van der Waals surface area (Å²) < 4.78 is 31.1. The van der Waals surface area contributed by atoms with Gasteiger partial charge in [0, 0.05) is 47.3 Å². The van der Waals surface area contributed by atoms with Crippen molar-refractivity contribution in [3.8, 4) is 0 Å². The van der Waals surface area contributed by atoms with Crippen molar-refractivity contribution in [2.45, 2.75) is 252 Å². The van der Waals surface area contributed by atoms with Crippen molar-refractivity contribution in [1.29, 1.82) is 0 Å². The van der Waals surface area contributed by atoms with Gasteiger partial charge in [0.25, 0.3) is 0 Å². The van der Waals surface area contributed by atoms with Crippen LogP contribution in [0.4, 0.5) is 0 Å². The zero-order chi connectivity index (χ0) is 49.7. The van der Waals surface area contributed by atoms with E-state index in [0.717, 1.165) is 25.7 Å². The molecule has 388 valence electrons. The zero-order valence-corrected chi connectivity index (χ0v) is 45.6. The molecule has 18 rings (SSSR count). The van der Waals surface area contributed by atoms with E-state index in [0.29, 0.717) is 47.3 Å². The van der Waals surface area contributed by atoms with Crippen molar-refractivity contribution >= 4 is 21.5 Å². The molecule has 8 heterocycles. The van der Waals surface area contributed by atoms with Crippen LogP contribution in [0.3, 0.4) is 0 Å². The second-order valence-corrected chi connectivity index (χ2v) is 27.1. The maximum atomic E-state index is 7.76. The van der Waals surface area contributed by atoms with Gasteiger partial charge in [-0.1, -0.05) is 153 Å². The molecule has 4 saturated heterocycles. The number of rotatable bonds is 20. The van der Waals surface area contributed by atoms with E-state index in [1.807, 2.05) is 0 Å². The number of benzene rings is 6. The summed E-state index contributed by atoms with van der Waals surface area (Å²) in [6.07, 6.45) is 25.8. The summed E-state index contributed by atoms with van der Waals surface area (Å²) in [5.41, 5.74) is 32.5. The molecule has 6 aromatic carbocycles. The fourth-order valence-electron chi connectivity index (χ4n) is 21.5. The van der Waals surface area contributed by atoms with Crippen molar-refractivity contribution in [1.82, 2.24) is 0 Å². The summed E-state index contributed by atoms with van der Waals surface area (Å²) in [5.74, 6) is 2.86. The van der Waals surface area contributed by atoms with Crippen LogP contribution in [0.5, 0.6) is 0 Å². The van der Waals surface area contributed by atoms with Gasteiger partial charge < -0.3 is 18.9 Å². The van der Waals surface area contributed by atoms with Crippen molar-refractivity contribution < 1.29 is 18.9 Å². The molecule has 0 N–H and O–H groups in total. The molecule has 0 spiro atoms. The Hall–Kier alpha value is -4.32. The topological polar surface area (TPSA) is 36.9 Å². The highest BCUT2D eigenvalue weighted by molar-refractivity contribution is 6.02. The van der Waals surface area contributed by atoms with E-state index in [9.17, 15) is 0 Å². The standard InChI is InChI=1S/C72H76O4/c1-5-9-13-17-21-33-49-51-34(22-18-14-10-6-2)52-50(33)66-58-38-26-28-42-48-44(32-30-40(46(38)48)60(58)68(52)74-66)64-62(42)70-54-35(23-19-15-11-7-3)53-55(36(24-20-16-12-8-4)56(54)72(64)76-70)71-63-43-31-29-39-45-37(57-59(39)67(51)73-65(49)57)25-27-41(47(43)45)61(63)69(53)75-71/h25-32,57-72H,5-24H2,1-4H3/t57-,58-,59-,60+,61-,62-,63+,64+,65-,66-,67+,68+,69-,70+,71+,72-/m1/s1. The molecule has 76 heavy (non-hydrogen) atoms. The van der Waals surface area contributed by atoms with Crippen molar-refractivity contribution in [2.75, 3.05) is 0 Å². The summed E-state index contributed by atoms with van der Waals surface area (Å²) in [6.45, 7) is 9.48. The SMILES string of the molecule is CCCCCCc1c2c3c(CCCCCC)c4c1[C@H]1O[C@@H]4[C@H]4c5ccc6c7c(ccc(c57)[C@H]41)[C@@H]1[C@H]6[C@@H]4O[C@H]1c1c(CCCCCC)c5c(c(CCCCCC)c14)[C@@H]1O[C@H]5[C@@H]4c5ccc6c7c(ccc(c57)[C@@H]41)[C@@H]1[C@@H]6[C@@H]2O[C@@H]31. The van der Waals surface area contributed by atoms with Crippen LogP contribution < -0.4 is 0 Å². The Bertz CT molecular complexity index is 2940. The van der Waals surface area contributed by atoms with Gasteiger partial charge in [-0.2, -0.15) is 0 Å². The molecule has 4 nitrogen and oxygen atoms in total. The molecule has 8 aliphatic heterocycles. The maximum absolute atomic E-state index is 7.76. The molecule has 12 aliphatic rings. The van der Waals surface area contributed by atoms with Crippen molar-refractivity contribution in [3.63, 3.8) is 0 Å². The molecular formula is C72H76O4. The maximum Gasteiger partial charge on any atom is 0.0915 e. The monoisotopic (exact) mass is 1000 g/mol. The van der Waals surface area contributed by atoms with Crippen LogP contribution in [0.15, 0.2) is 48.5 Å². The lowest BCUT2D eigenvalue weighted by Crippen LogP contribution is -2.25. The van der Waals surface area contributed by atoms with Crippen LogP contribution in [-0.4, -0.2) is 0 Å². The van der Waals surface area contributed by atoms with Gasteiger partial charge in [-0.25, -0.2) is 0 Å². The lowest BCUT2D eigenvalue weighted by Gasteiger charge is -2.36. The largest absolute Gasteiger partial charge is 0.364 e. The summed E-state index contributed by atoms with van der Waals surface area (Å²) in [4.78, 5) is 0. The second kappa shape index (κ2) is 15.7. The van der Waals surface area contributed by atoms with Crippen LogP contribution in [0.25, 0.3) is 21.5 Å². The molecule has 0 amide bonds. The van der Waals surface area contributed by atoms with E-state index >= 15 is 0 Å². The predicted octanol–water partition coefficient (Wildman–Crippen LogP) is 18.8. The van der Waals surface area contributed by atoms with Gasteiger partial charge in [-0.3, -0.25) is 0 Å². The summed E-state index contributed by atoms with van der Waals surface area (Å²) in [6, 6.07) is 21.2. The lowest BCUT2D eigenvalue weighted by molar-refractivity contribution is 0.0581. The Balaban J connectivity index is 0.888. The van der Waals surface area contributed by atoms with E-state index in [-0.39, 0.29) is 48.8 Å². The molecule has 16 atom stereocenters. The summed E-state index contributed by atoms with van der Waals surface area (Å²) in [7, 11) is 0. The smallest absolute Gasteiger partial charge is 0.0915 e. The van der Waals surface area contributed by atoms with Crippen molar-refractivity contribution in [2.24, 2.45) is 0 Å². The Morgan fingerprint density at radius 3 is 0.566 bits per heavy atom. The number of unbranched alkanes of at least 4 members (excludes halogenated alkanes) is 12. The van der Waals surface area contributed by atoms with Gasteiger partial charge in [0.15, 0.2) is 0 Å². The normalized spacial score (nSPS) is 33.8. The first-order valence-corrected chi connectivity index (χ1v) is 31.9. The fourth-order valence-corrected chi connectivity index (χ4v) is 21.5. The first-order valence-electron chi connectivity index (χ1n) is 31.9. The predicted molar refractivity (Wildman–Crippen MR) is 300 cm³/mol. The second-order valence-electron chi connectivity index (χ2n) is 27.1.